The maximum absolute atomic E-state index is 10.9. The van der Waals surface area contributed by atoms with Crippen LogP contribution in [0, 0.1) is 5.92 Å². The number of hydrogen-bond acceptors (Lipinski definition) is 3. The fourth-order valence-electron chi connectivity index (χ4n) is 1.71. The molecule has 0 bridgehead atoms. The first kappa shape index (κ1) is 7.43. The summed E-state index contributed by atoms with van der Waals surface area (Å²) in [5, 5.41) is 12.5. The molecule has 3 atom stereocenters. The zero-order valence-corrected chi connectivity index (χ0v) is 6.93. The number of rotatable bonds is 0. The lowest BCUT2D eigenvalue weighted by Gasteiger charge is -2.29. The third-order valence-corrected chi connectivity index (χ3v) is 3.63. The maximum Gasteiger partial charge on any atom is 0.223 e. The lowest BCUT2D eigenvalue weighted by Crippen LogP contribution is -2.47. The molecule has 2 heterocycles. The van der Waals surface area contributed by atoms with Gasteiger partial charge < -0.3 is 10.4 Å². The van der Waals surface area contributed by atoms with Gasteiger partial charge >= 0.3 is 0 Å². The van der Waals surface area contributed by atoms with Crippen molar-refractivity contribution in [2.75, 3.05) is 5.75 Å². The molecule has 0 radical (unpaired) electrons. The first-order valence-corrected chi connectivity index (χ1v) is 4.91. The first-order chi connectivity index (χ1) is 5.27. The smallest absolute Gasteiger partial charge is 0.223 e. The molecule has 62 valence electrons. The number of carbonyl (C=O) groups is 1. The molecular weight excluding hydrogens is 162 g/mol. The van der Waals surface area contributed by atoms with Crippen LogP contribution in [0.3, 0.4) is 0 Å². The normalized spacial score (nSPS) is 43.4. The van der Waals surface area contributed by atoms with E-state index in [1.54, 1.807) is 11.8 Å². The van der Waals surface area contributed by atoms with E-state index in [1.807, 2.05) is 0 Å². The molecule has 2 rings (SSSR count). The summed E-state index contributed by atoms with van der Waals surface area (Å²) in [6.07, 6.45) is 0.933. The molecule has 2 saturated heterocycles. The minimum absolute atomic E-state index is 0.00634. The van der Waals surface area contributed by atoms with Crippen LogP contribution in [0.15, 0.2) is 0 Å². The Morgan fingerprint density at radius 3 is 3.27 bits per heavy atom. The highest BCUT2D eigenvalue weighted by Gasteiger charge is 2.39. The molecule has 2 aliphatic heterocycles. The van der Waals surface area contributed by atoms with E-state index in [0.717, 1.165) is 12.2 Å². The number of amides is 1. The van der Waals surface area contributed by atoms with Crippen LogP contribution in [0.1, 0.15) is 12.8 Å². The van der Waals surface area contributed by atoms with Crippen molar-refractivity contribution in [2.24, 2.45) is 5.92 Å². The Morgan fingerprint density at radius 2 is 2.45 bits per heavy atom. The van der Waals surface area contributed by atoms with Crippen molar-refractivity contribution in [3.63, 3.8) is 0 Å². The van der Waals surface area contributed by atoms with Crippen LogP contribution in [0.2, 0.25) is 0 Å². The Morgan fingerprint density at radius 1 is 1.64 bits per heavy atom. The Kier molecular flexibility index (Phi) is 1.81. The molecule has 11 heavy (non-hydrogen) atoms. The Labute approximate surface area is 69.5 Å². The first-order valence-electron chi connectivity index (χ1n) is 3.86. The number of nitrogens with one attached hydrogen (secondary N) is 1. The molecule has 4 heteroatoms. The number of carbonyl (C=O) groups excluding carboxylic acids is 1. The fourth-order valence-corrected chi connectivity index (χ4v) is 3.15. The molecule has 2 fully saturated rings. The molecule has 0 aromatic heterocycles. The molecule has 3 nitrogen and oxygen atoms in total. The van der Waals surface area contributed by atoms with Gasteiger partial charge in [0.2, 0.25) is 5.91 Å². The van der Waals surface area contributed by atoms with E-state index in [0.29, 0.717) is 12.3 Å². The van der Waals surface area contributed by atoms with Gasteiger partial charge in [-0.2, -0.15) is 0 Å². The van der Waals surface area contributed by atoms with Crippen LogP contribution in [0.25, 0.3) is 0 Å². The molecule has 3 unspecified atom stereocenters. The fraction of sp³-hybridized carbons (Fsp3) is 0.857. The number of hydrogen-bond donors (Lipinski definition) is 2. The summed E-state index contributed by atoms with van der Waals surface area (Å²) in [6, 6.07) is 0. The van der Waals surface area contributed by atoms with Gasteiger partial charge in [0.1, 0.15) is 0 Å². The van der Waals surface area contributed by atoms with Crippen LogP contribution in [0.5, 0.6) is 0 Å². The second kappa shape index (κ2) is 2.68. The summed E-state index contributed by atoms with van der Waals surface area (Å²) < 4.78 is 0. The molecule has 0 saturated carbocycles. The van der Waals surface area contributed by atoms with Crippen LogP contribution in [0.4, 0.5) is 0 Å². The molecule has 0 aromatic carbocycles. The second-order valence-corrected chi connectivity index (χ2v) is 4.33. The largest absolute Gasteiger partial charge is 0.392 e. The molecule has 0 spiro atoms. The van der Waals surface area contributed by atoms with Crippen molar-refractivity contribution in [3.8, 4) is 0 Å². The van der Waals surface area contributed by atoms with Gasteiger partial charge in [0, 0.05) is 5.92 Å². The van der Waals surface area contributed by atoms with Gasteiger partial charge in [-0.25, -0.2) is 0 Å². The summed E-state index contributed by atoms with van der Waals surface area (Å²) in [4.78, 5) is 10.9. The maximum atomic E-state index is 10.9. The average Bonchev–Trinajstić information content (AvgIpc) is 2.34. The summed E-state index contributed by atoms with van der Waals surface area (Å²) in [6.45, 7) is 0. The summed E-state index contributed by atoms with van der Waals surface area (Å²) in [5.41, 5.74) is 0. The molecule has 2 N–H and O–H groups in total. The SMILES string of the molecule is O=C1CC(O)C2CCSC2N1. The van der Waals surface area contributed by atoms with E-state index in [1.165, 1.54) is 0 Å². The average molecular weight is 173 g/mol. The van der Waals surface area contributed by atoms with E-state index in [9.17, 15) is 9.90 Å². The van der Waals surface area contributed by atoms with Crippen LogP contribution in [-0.2, 0) is 4.79 Å². The number of piperidine rings is 1. The third-order valence-electron chi connectivity index (χ3n) is 2.33. The molecule has 2 aliphatic rings. The summed E-state index contributed by atoms with van der Waals surface area (Å²) >= 11 is 1.74. The lowest BCUT2D eigenvalue weighted by molar-refractivity contribution is -0.127. The Balaban J connectivity index is 2.10. The standard InChI is InChI=1S/C7H11NO2S/c9-5-3-6(10)8-7-4(5)1-2-11-7/h4-5,7,9H,1-3H2,(H,8,10). The van der Waals surface area contributed by atoms with Crippen molar-refractivity contribution in [1.82, 2.24) is 5.32 Å². The van der Waals surface area contributed by atoms with Crippen molar-refractivity contribution in [2.45, 2.75) is 24.3 Å². The van der Waals surface area contributed by atoms with E-state index in [-0.39, 0.29) is 11.3 Å². The quantitative estimate of drug-likeness (QED) is 0.540. The van der Waals surface area contributed by atoms with Gasteiger partial charge in [0.05, 0.1) is 17.9 Å². The summed E-state index contributed by atoms with van der Waals surface area (Å²) in [5.74, 6) is 1.36. The van der Waals surface area contributed by atoms with Gasteiger partial charge in [0.25, 0.3) is 0 Å². The topological polar surface area (TPSA) is 49.3 Å². The van der Waals surface area contributed by atoms with Gasteiger partial charge in [-0.05, 0) is 12.2 Å². The molecular formula is C7H11NO2S. The number of fused-ring (bicyclic) bond motifs is 1. The summed E-state index contributed by atoms with van der Waals surface area (Å²) in [7, 11) is 0. The van der Waals surface area contributed by atoms with E-state index in [4.69, 9.17) is 0 Å². The molecule has 0 aromatic rings. The predicted molar refractivity (Wildman–Crippen MR) is 43.1 cm³/mol. The Bertz CT molecular complexity index is 185. The molecule has 0 aliphatic carbocycles. The highest BCUT2D eigenvalue weighted by molar-refractivity contribution is 8.00. The Hall–Kier alpha value is -0.220. The van der Waals surface area contributed by atoms with Gasteiger partial charge in [-0.15, -0.1) is 11.8 Å². The third kappa shape index (κ3) is 1.25. The van der Waals surface area contributed by atoms with Crippen molar-refractivity contribution in [3.05, 3.63) is 0 Å². The highest BCUT2D eigenvalue weighted by atomic mass is 32.2. The van der Waals surface area contributed by atoms with Gasteiger partial charge in [-0.1, -0.05) is 0 Å². The minimum Gasteiger partial charge on any atom is -0.392 e. The van der Waals surface area contributed by atoms with E-state index < -0.39 is 6.10 Å². The van der Waals surface area contributed by atoms with Gasteiger partial charge in [-0.3, -0.25) is 4.79 Å². The van der Waals surface area contributed by atoms with Gasteiger partial charge in [0.15, 0.2) is 0 Å². The van der Waals surface area contributed by atoms with Crippen molar-refractivity contribution in [1.29, 1.82) is 0 Å². The second-order valence-electron chi connectivity index (χ2n) is 3.08. The molecule has 1 amide bonds. The van der Waals surface area contributed by atoms with Crippen LogP contribution in [-0.4, -0.2) is 28.2 Å². The zero-order chi connectivity index (χ0) is 7.84. The van der Waals surface area contributed by atoms with Crippen molar-refractivity contribution < 1.29 is 9.90 Å². The number of aliphatic hydroxyl groups is 1. The minimum atomic E-state index is -0.399. The van der Waals surface area contributed by atoms with Crippen LogP contribution < -0.4 is 5.32 Å². The highest BCUT2D eigenvalue weighted by Crippen LogP contribution is 2.35. The predicted octanol–water partition coefficient (Wildman–Crippen LogP) is -0.0536. The van der Waals surface area contributed by atoms with E-state index in [2.05, 4.69) is 5.32 Å². The van der Waals surface area contributed by atoms with E-state index >= 15 is 0 Å². The van der Waals surface area contributed by atoms with Crippen LogP contribution >= 0.6 is 11.8 Å². The monoisotopic (exact) mass is 173 g/mol. The number of thioether (sulfide) groups is 1. The number of aliphatic hydroxyl groups excluding tert-OH is 1. The lowest BCUT2D eigenvalue weighted by atomic mass is 9.93. The zero-order valence-electron chi connectivity index (χ0n) is 6.12. The van der Waals surface area contributed by atoms with Crippen molar-refractivity contribution >= 4 is 17.7 Å².